The summed E-state index contributed by atoms with van der Waals surface area (Å²) in [6.45, 7) is 13.8. The Bertz CT molecular complexity index is 1430. The lowest BCUT2D eigenvalue weighted by Crippen LogP contribution is -2.54. The van der Waals surface area contributed by atoms with Gasteiger partial charge >= 0.3 is 0 Å². The van der Waals surface area contributed by atoms with Gasteiger partial charge in [-0.05, 0) is 50.5 Å². The molecule has 1 saturated heterocycles. The molecule has 0 spiro atoms. The van der Waals surface area contributed by atoms with Crippen molar-refractivity contribution in [3.63, 3.8) is 0 Å². The number of rotatable bonds is 21. The van der Waals surface area contributed by atoms with Crippen molar-refractivity contribution in [2.24, 2.45) is 29.4 Å². The molecular weight excluding hydrogens is 677 g/mol. The van der Waals surface area contributed by atoms with Gasteiger partial charge in [0, 0.05) is 70.0 Å². The van der Waals surface area contributed by atoms with E-state index in [0.717, 1.165) is 29.8 Å². The fourth-order valence-electron chi connectivity index (χ4n) is 7.68. The van der Waals surface area contributed by atoms with Crippen LogP contribution in [0.2, 0.25) is 0 Å². The summed E-state index contributed by atoms with van der Waals surface area (Å²) in [6.07, 6.45) is 4.20. The lowest BCUT2D eigenvalue weighted by Gasteiger charge is -2.41. The first-order valence-corrected chi connectivity index (χ1v) is 19.8. The molecule has 2 amide bonds. The molecule has 290 valence electrons. The average molecular weight is 741 g/mol. The number of nitrogens with two attached hydrogens (primary N) is 1. The van der Waals surface area contributed by atoms with Crippen LogP contribution in [0.15, 0.2) is 41.9 Å². The summed E-state index contributed by atoms with van der Waals surface area (Å²) >= 11 is 1.57. The second-order valence-corrected chi connectivity index (χ2v) is 16.6. The van der Waals surface area contributed by atoms with Crippen LogP contribution in [-0.2, 0) is 35.1 Å². The Morgan fingerprint density at radius 2 is 1.71 bits per heavy atom. The SMILES string of the molecule is CCC(C)C(C(CC(=O)N1CCCC1C(OC)C(C)C(=O)CC(Cc1ccccc1)c1nccs1)OC)N(C)C(=O)C(CC(=O)C(C)(C)N)C(C)C. The highest BCUT2D eigenvalue weighted by Gasteiger charge is 2.43. The number of hydrogen-bond acceptors (Lipinski definition) is 9. The van der Waals surface area contributed by atoms with E-state index in [1.807, 2.05) is 49.3 Å². The summed E-state index contributed by atoms with van der Waals surface area (Å²) in [5, 5.41) is 2.88. The van der Waals surface area contributed by atoms with E-state index in [2.05, 4.69) is 31.0 Å². The maximum absolute atomic E-state index is 14.2. The Balaban J connectivity index is 1.78. The van der Waals surface area contributed by atoms with Gasteiger partial charge in [0.25, 0.3) is 0 Å². The lowest BCUT2D eigenvalue weighted by molar-refractivity contribution is -0.149. The Hall–Kier alpha value is -2.99. The molecule has 10 nitrogen and oxygen atoms in total. The zero-order chi connectivity index (χ0) is 38.7. The molecule has 0 radical (unpaired) electrons. The van der Waals surface area contributed by atoms with E-state index < -0.39 is 35.6 Å². The molecule has 1 aromatic heterocycles. The monoisotopic (exact) mass is 740 g/mol. The number of carbonyl (C=O) groups excluding carboxylic acids is 4. The van der Waals surface area contributed by atoms with Crippen molar-refractivity contribution in [3.8, 4) is 0 Å². The van der Waals surface area contributed by atoms with Crippen molar-refractivity contribution >= 4 is 34.7 Å². The quantitative estimate of drug-likeness (QED) is 0.157. The molecule has 52 heavy (non-hydrogen) atoms. The molecule has 1 fully saturated rings. The molecule has 8 unspecified atom stereocenters. The first kappa shape index (κ1) is 43.4. The molecule has 2 heterocycles. The van der Waals surface area contributed by atoms with Gasteiger partial charge in [-0.1, -0.05) is 71.4 Å². The first-order chi connectivity index (χ1) is 24.5. The molecule has 1 aliphatic heterocycles. The molecule has 0 bridgehead atoms. The van der Waals surface area contributed by atoms with Crippen LogP contribution in [-0.4, -0.2) is 95.8 Å². The van der Waals surface area contributed by atoms with Crippen LogP contribution in [0.25, 0.3) is 0 Å². The number of Topliss-reactive ketones (excluding diaryl/α,β-unsaturated/α-hetero) is 2. The molecule has 1 aliphatic rings. The molecule has 8 atom stereocenters. The van der Waals surface area contributed by atoms with E-state index in [-0.39, 0.29) is 60.0 Å². The van der Waals surface area contributed by atoms with Gasteiger partial charge in [-0.15, -0.1) is 11.3 Å². The molecule has 1 aromatic carbocycles. The third-order valence-corrected chi connectivity index (χ3v) is 12.1. The summed E-state index contributed by atoms with van der Waals surface area (Å²) in [6, 6.07) is 9.49. The summed E-state index contributed by atoms with van der Waals surface area (Å²) in [4.78, 5) is 63.3. The summed E-state index contributed by atoms with van der Waals surface area (Å²) in [5.74, 6) is -1.42. The number of likely N-dealkylation sites (N-methyl/N-ethyl adjacent to an activating group) is 1. The van der Waals surface area contributed by atoms with Crippen molar-refractivity contribution in [2.75, 3.05) is 27.8 Å². The van der Waals surface area contributed by atoms with Gasteiger partial charge in [0.1, 0.15) is 5.78 Å². The third-order valence-electron chi connectivity index (χ3n) is 11.2. The number of hydrogen-bond donors (Lipinski definition) is 1. The third kappa shape index (κ3) is 11.3. The Morgan fingerprint density at radius 1 is 1.04 bits per heavy atom. The smallest absolute Gasteiger partial charge is 0.226 e. The maximum atomic E-state index is 14.2. The number of methoxy groups -OCH3 is 2. The predicted molar refractivity (Wildman–Crippen MR) is 207 cm³/mol. The molecule has 0 saturated carbocycles. The van der Waals surface area contributed by atoms with Gasteiger partial charge in [-0.25, -0.2) is 4.98 Å². The number of nitrogens with zero attached hydrogens (tertiary/aromatic N) is 3. The van der Waals surface area contributed by atoms with Gasteiger partial charge in [0.15, 0.2) is 5.78 Å². The van der Waals surface area contributed by atoms with Gasteiger partial charge in [0.2, 0.25) is 11.8 Å². The molecule has 2 N–H and O–H groups in total. The van der Waals surface area contributed by atoms with E-state index in [1.54, 1.807) is 57.5 Å². The van der Waals surface area contributed by atoms with Crippen molar-refractivity contribution in [2.45, 2.75) is 129 Å². The fourth-order valence-corrected chi connectivity index (χ4v) is 8.42. The first-order valence-electron chi connectivity index (χ1n) is 18.9. The van der Waals surface area contributed by atoms with Crippen LogP contribution in [0.1, 0.15) is 103 Å². The summed E-state index contributed by atoms with van der Waals surface area (Å²) < 4.78 is 12.1. The highest BCUT2D eigenvalue weighted by molar-refractivity contribution is 7.09. The Morgan fingerprint density at radius 3 is 2.25 bits per heavy atom. The van der Waals surface area contributed by atoms with Crippen LogP contribution in [0.5, 0.6) is 0 Å². The maximum Gasteiger partial charge on any atom is 0.226 e. The number of aromatic nitrogens is 1. The number of amides is 2. The minimum absolute atomic E-state index is 0.0153. The molecule has 0 aliphatic carbocycles. The molecule has 11 heteroatoms. The van der Waals surface area contributed by atoms with Gasteiger partial charge in [0.05, 0.1) is 41.3 Å². The lowest BCUT2D eigenvalue weighted by atomic mass is 9.83. The topological polar surface area (TPSA) is 132 Å². The fraction of sp³-hybridized carbons (Fsp3) is 0.683. The minimum atomic E-state index is -1.04. The van der Waals surface area contributed by atoms with E-state index in [1.165, 1.54) is 0 Å². The van der Waals surface area contributed by atoms with Crippen molar-refractivity contribution < 1.29 is 28.7 Å². The molecule has 3 rings (SSSR count). The van der Waals surface area contributed by atoms with E-state index in [4.69, 9.17) is 15.2 Å². The highest BCUT2D eigenvalue weighted by atomic mass is 32.1. The van der Waals surface area contributed by atoms with E-state index >= 15 is 0 Å². The second-order valence-electron chi connectivity index (χ2n) is 15.7. The number of thiazole rings is 1. The van der Waals surface area contributed by atoms with E-state index in [9.17, 15) is 19.2 Å². The van der Waals surface area contributed by atoms with Crippen molar-refractivity contribution in [1.29, 1.82) is 0 Å². The van der Waals surface area contributed by atoms with Crippen LogP contribution in [0, 0.1) is 23.7 Å². The predicted octanol–water partition coefficient (Wildman–Crippen LogP) is 6.32. The van der Waals surface area contributed by atoms with Crippen LogP contribution in [0.4, 0.5) is 0 Å². The van der Waals surface area contributed by atoms with E-state index in [0.29, 0.717) is 19.4 Å². The van der Waals surface area contributed by atoms with Crippen molar-refractivity contribution in [3.05, 3.63) is 52.5 Å². The zero-order valence-corrected chi connectivity index (χ0v) is 34.0. The van der Waals surface area contributed by atoms with Crippen LogP contribution >= 0.6 is 11.3 Å². The van der Waals surface area contributed by atoms with Gasteiger partial charge in [-0.2, -0.15) is 0 Å². The molecule has 2 aromatic rings. The number of ether oxygens (including phenoxy) is 2. The van der Waals surface area contributed by atoms with Gasteiger partial charge in [-0.3, -0.25) is 19.2 Å². The normalized spacial score (nSPS) is 19.1. The Kier molecular flexibility index (Phi) is 16.6. The molecular formula is C41H64N4O6S. The van der Waals surface area contributed by atoms with Crippen LogP contribution < -0.4 is 5.73 Å². The standard InChI is InChI=1S/C41H64N4O6S/c1-11-27(4)37(44(8)40(49)31(26(2)3)24-35(47)41(6,7)42)34(50-9)25-36(48)45-20-15-18-32(45)38(51-10)28(5)33(46)23-30(39-43-19-21-52-39)22-29-16-13-12-14-17-29/h12-14,16-17,19,21,26-28,30-32,34,37-38H,11,15,18,20,22-25,42H2,1-10H3. The number of carbonyl (C=O) groups is 4. The summed E-state index contributed by atoms with van der Waals surface area (Å²) in [5.41, 5.74) is 6.21. The van der Waals surface area contributed by atoms with Gasteiger partial charge < -0.3 is 25.0 Å². The zero-order valence-electron chi connectivity index (χ0n) is 33.2. The Labute approximate surface area is 316 Å². The number of likely N-dealkylation sites (tertiary alicyclic amines) is 1. The largest absolute Gasteiger partial charge is 0.379 e. The minimum Gasteiger partial charge on any atom is -0.379 e. The van der Waals surface area contributed by atoms with Crippen LogP contribution in [0.3, 0.4) is 0 Å². The number of ketones is 2. The van der Waals surface area contributed by atoms with Crippen molar-refractivity contribution in [1.82, 2.24) is 14.8 Å². The number of benzene rings is 1. The highest BCUT2D eigenvalue weighted by Crippen LogP contribution is 2.33. The second kappa shape index (κ2) is 19.9. The summed E-state index contributed by atoms with van der Waals surface area (Å²) in [7, 11) is 4.96. The average Bonchev–Trinajstić information content (AvgIpc) is 3.83.